The molecule has 0 spiro atoms. The van der Waals surface area contributed by atoms with Gasteiger partial charge in [0.25, 0.3) is 0 Å². The largest absolute Gasteiger partial charge is 0.497 e. The molecule has 2 aromatic rings. The summed E-state index contributed by atoms with van der Waals surface area (Å²) >= 11 is 5.89. The van der Waals surface area contributed by atoms with Gasteiger partial charge in [0.15, 0.2) is 0 Å². The minimum absolute atomic E-state index is 0.219. The summed E-state index contributed by atoms with van der Waals surface area (Å²) in [6.45, 7) is 0. The van der Waals surface area contributed by atoms with E-state index in [9.17, 15) is 9.59 Å². The summed E-state index contributed by atoms with van der Waals surface area (Å²) in [6, 6.07) is 11.5. The third-order valence-corrected chi connectivity index (χ3v) is 3.40. The van der Waals surface area contributed by atoms with Gasteiger partial charge >= 0.3 is 5.97 Å². The highest BCUT2D eigenvalue weighted by atomic mass is 35.5. The SMILES string of the molecule is COc1ccc(NC(=O)/C=C/C(=O)Oc2ccccc2Cl)c(OC)c1. The highest BCUT2D eigenvalue weighted by Gasteiger charge is 2.09. The van der Waals surface area contributed by atoms with Crippen LogP contribution in [-0.2, 0) is 9.59 Å². The van der Waals surface area contributed by atoms with Crippen molar-refractivity contribution >= 4 is 29.2 Å². The Bertz CT molecular complexity index is 804. The molecular formula is C18H16ClNO5. The van der Waals surface area contributed by atoms with Crippen molar-refractivity contribution in [3.8, 4) is 17.2 Å². The molecule has 1 amide bonds. The van der Waals surface area contributed by atoms with E-state index in [1.54, 1.807) is 42.5 Å². The molecule has 7 heteroatoms. The number of carbonyl (C=O) groups excluding carboxylic acids is 2. The molecule has 0 fully saturated rings. The molecule has 0 heterocycles. The van der Waals surface area contributed by atoms with Crippen molar-refractivity contribution in [3.05, 3.63) is 59.6 Å². The number of halogens is 1. The third kappa shape index (κ3) is 5.26. The number of nitrogens with one attached hydrogen (secondary N) is 1. The topological polar surface area (TPSA) is 73.9 Å². The second-order valence-electron chi connectivity index (χ2n) is 4.74. The van der Waals surface area contributed by atoms with Crippen molar-refractivity contribution in [2.75, 3.05) is 19.5 Å². The number of rotatable bonds is 6. The lowest BCUT2D eigenvalue weighted by atomic mass is 10.2. The summed E-state index contributed by atoms with van der Waals surface area (Å²) in [6.07, 6.45) is 2.07. The van der Waals surface area contributed by atoms with Crippen LogP contribution >= 0.6 is 11.6 Å². The molecule has 0 aliphatic carbocycles. The van der Waals surface area contributed by atoms with Crippen LogP contribution in [0.15, 0.2) is 54.6 Å². The van der Waals surface area contributed by atoms with Crippen molar-refractivity contribution < 1.29 is 23.8 Å². The molecule has 0 radical (unpaired) electrons. The van der Waals surface area contributed by atoms with E-state index in [1.165, 1.54) is 14.2 Å². The third-order valence-electron chi connectivity index (χ3n) is 3.08. The zero-order valence-electron chi connectivity index (χ0n) is 13.6. The Labute approximate surface area is 150 Å². The molecule has 0 aromatic heterocycles. The minimum atomic E-state index is -0.718. The number of ether oxygens (including phenoxy) is 3. The fraction of sp³-hybridized carbons (Fsp3) is 0.111. The van der Waals surface area contributed by atoms with Gasteiger partial charge in [-0.05, 0) is 24.3 Å². The van der Waals surface area contributed by atoms with Crippen LogP contribution in [0, 0.1) is 0 Å². The Morgan fingerprint density at radius 3 is 2.44 bits per heavy atom. The molecule has 25 heavy (non-hydrogen) atoms. The Morgan fingerprint density at radius 2 is 1.76 bits per heavy atom. The fourth-order valence-corrected chi connectivity index (χ4v) is 2.06. The number of hydrogen-bond donors (Lipinski definition) is 1. The summed E-state index contributed by atoms with van der Waals surface area (Å²) < 4.78 is 15.3. The number of carbonyl (C=O) groups is 2. The van der Waals surface area contributed by atoms with Crippen LogP contribution < -0.4 is 19.5 Å². The molecule has 2 aromatic carbocycles. The number of hydrogen-bond acceptors (Lipinski definition) is 5. The van der Waals surface area contributed by atoms with E-state index in [0.717, 1.165) is 12.2 Å². The number of para-hydroxylation sites is 1. The highest BCUT2D eigenvalue weighted by Crippen LogP contribution is 2.29. The molecule has 0 aliphatic rings. The van der Waals surface area contributed by atoms with Crippen LogP contribution in [-0.4, -0.2) is 26.1 Å². The second-order valence-corrected chi connectivity index (χ2v) is 5.15. The Hall–Kier alpha value is -2.99. The fourth-order valence-electron chi connectivity index (χ4n) is 1.89. The zero-order chi connectivity index (χ0) is 18.2. The Morgan fingerprint density at radius 1 is 1.00 bits per heavy atom. The van der Waals surface area contributed by atoms with E-state index in [0.29, 0.717) is 22.2 Å². The summed E-state index contributed by atoms with van der Waals surface area (Å²) in [5.41, 5.74) is 0.442. The number of anilines is 1. The molecule has 0 aliphatic heterocycles. The van der Waals surface area contributed by atoms with Crippen LogP contribution in [0.25, 0.3) is 0 Å². The van der Waals surface area contributed by atoms with Crippen molar-refractivity contribution in [2.24, 2.45) is 0 Å². The molecular weight excluding hydrogens is 346 g/mol. The summed E-state index contributed by atoms with van der Waals surface area (Å²) in [4.78, 5) is 23.7. The van der Waals surface area contributed by atoms with E-state index in [2.05, 4.69) is 5.32 Å². The van der Waals surface area contributed by atoms with Crippen molar-refractivity contribution in [2.45, 2.75) is 0 Å². The Kier molecular flexibility index (Phi) is 6.42. The summed E-state index contributed by atoms with van der Waals surface area (Å²) in [5.74, 6) is 0.00835. The van der Waals surface area contributed by atoms with Crippen molar-refractivity contribution in [1.29, 1.82) is 0 Å². The Balaban J connectivity index is 1.99. The van der Waals surface area contributed by atoms with Gasteiger partial charge in [-0.15, -0.1) is 0 Å². The van der Waals surface area contributed by atoms with Crippen LogP contribution in [0.5, 0.6) is 17.2 Å². The zero-order valence-corrected chi connectivity index (χ0v) is 14.4. The summed E-state index contributed by atoms with van der Waals surface area (Å²) in [7, 11) is 3.00. The van der Waals surface area contributed by atoms with E-state index >= 15 is 0 Å². The predicted octanol–water partition coefficient (Wildman–Crippen LogP) is 3.46. The highest BCUT2D eigenvalue weighted by molar-refractivity contribution is 6.32. The van der Waals surface area contributed by atoms with Crippen LogP contribution in [0.1, 0.15) is 0 Å². The average molecular weight is 362 g/mol. The smallest absolute Gasteiger partial charge is 0.336 e. The molecule has 1 N–H and O–H groups in total. The van der Waals surface area contributed by atoms with E-state index in [4.69, 9.17) is 25.8 Å². The summed E-state index contributed by atoms with van der Waals surface area (Å²) in [5, 5.41) is 2.91. The van der Waals surface area contributed by atoms with Crippen molar-refractivity contribution in [3.63, 3.8) is 0 Å². The maximum atomic E-state index is 11.9. The molecule has 0 bridgehead atoms. The second kappa shape index (κ2) is 8.75. The minimum Gasteiger partial charge on any atom is -0.497 e. The number of methoxy groups -OCH3 is 2. The number of esters is 1. The molecule has 2 rings (SSSR count). The van der Waals surface area contributed by atoms with E-state index in [1.807, 2.05) is 0 Å². The first-order valence-corrected chi connectivity index (χ1v) is 7.58. The van der Waals surface area contributed by atoms with Gasteiger partial charge in [-0.1, -0.05) is 23.7 Å². The standard InChI is InChI=1S/C18H16ClNO5/c1-23-12-7-8-14(16(11-12)24-2)20-17(21)9-10-18(22)25-15-6-4-3-5-13(15)19/h3-11H,1-2H3,(H,20,21)/b10-9+. The van der Waals surface area contributed by atoms with Gasteiger partial charge in [-0.25, -0.2) is 4.79 Å². The lowest BCUT2D eigenvalue weighted by molar-refractivity contribution is -0.129. The van der Waals surface area contributed by atoms with Crippen LogP contribution in [0.4, 0.5) is 5.69 Å². The average Bonchev–Trinajstić information content (AvgIpc) is 2.62. The first-order chi connectivity index (χ1) is 12.0. The van der Waals surface area contributed by atoms with Crippen molar-refractivity contribution in [1.82, 2.24) is 0 Å². The molecule has 0 atom stereocenters. The predicted molar refractivity (Wildman–Crippen MR) is 94.4 cm³/mol. The van der Waals surface area contributed by atoms with Gasteiger partial charge in [-0.2, -0.15) is 0 Å². The van der Waals surface area contributed by atoms with E-state index < -0.39 is 11.9 Å². The van der Waals surface area contributed by atoms with E-state index in [-0.39, 0.29) is 5.75 Å². The molecule has 0 saturated carbocycles. The number of benzene rings is 2. The van der Waals surface area contributed by atoms with Gasteiger partial charge in [0.2, 0.25) is 5.91 Å². The van der Waals surface area contributed by atoms with Gasteiger partial charge in [-0.3, -0.25) is 4.79 Å². The quantitative estimate of drug-likeness (QED) is 0.484. The maximum absolute atomic E-state index is 11.9. The molecule has 130 valence electrons. The molecule has 0 unspecified atom stereocenters. The monoisotopic (exact) mass is 361 g/mol. The number of amides is 1. The maximum Gasteiger partial charge on any atom is 0.336 e. The van der Waals surface area contributed by atoms with Gasteiger partial charge in [0.05, 0.1) is 24.9 Å². The first kappa shape index (κ1) is 18.4. The van der Waals surface area contributed by atoms with Crippen LogP contribution in [0.2, 0.25) is 5.02 Å². The van der Waals surface area contributed by atoms with Crippen LogP contribution in [0.3, 0.4) is 0 Å². The lowest BCUT2D eigenvalue weighted by Gasteiger charge is -2.10. The van der Waals surface area contributed by atoms with Gasteiger partial charge in [0, 0.05) is 18.2 Å². The lowest BCUT2D eigenvalue weighted by Crippen LogP contribution is -2.11. The molecule has 6 nitrogen and oxygen atoms in total. The first-order valence-electron chi connectivity index (χ1n) is 7.21. The van der Waals surface area contributed by atoms with Gasteiger partial charge < -0.3 is 19.5 Å². The molecule has 0 saturated heterocycles. The van der Waals surface area contributed by atoms with Gasteiger partial charge in [0.1, 0.15) is 17.2 Å². The normalized spacial score (nSPS) is 10.4.